The lowest BCUT2D eigenvalue weighted by molar-refractivity contribution is 0.0786. The number of hydrogen-bond donors (Lipinski definition) is 1. The number of unbranched alkanes of at least 4 members (excludes halogenated alkanes) is 1. The maximum Gasteiger partial charge on any atom is 0.291 e. The summed E-state index contributed by atoms with van der Waals surface area (Å²) < 4.78 is 1.88. The van der Waals surface area contributed by atoms with Crippen LogP contribution >= 0.6 is 0 Å². The average molecular weight is 379 g/mol. The summed E-state index contributed by atoms with van der Waals surface area (Å²) in [6.07, 6.45) is 4.64. The van der Waals surface area contributed by atoms with Gasteiger partial charge in [0.1, 0.15) is 5.69 Å². The number of nitrogens with zero attached hydrogens (tertiary/aromatic N) is 4. The topological polar surface area (TPSA) is 91.0 Å². The van der Waals surface area contributed by atoms with Crippen LogP contribution in [0.5, 0.6) is 0 Å². The minimum absolute atomic E-state index is 0.128. The molecular formula is C21H25N5O2. The number of nitrogens with one attached hydrogen (secondary N) is 1. The van der Waals surface area contributed by atoms with Gasteiger partial charge in [-0.25, -0.2) is 4.98 Å². The molecule has 0 saturated carbocycles. The molecule has 0 atom stereocenters. The van der Waals surface area contributed by atoms with Gasteiger partial charge >= 0.3 is 0 Å². The number of amides is 2. The van der Waals surface area contributed by atoms with Crippen LogP contribution in [0.1, 0.15) is 65.0 Å². The Hall–Kier alpha value is -3.14. The van der Waals surface area contributed by atoms with E-state index >= 15 is 0 Å². The predicted octanol–water partition coefficient (Wildman–Crippen LogP) is 3.22. The third-order valence-electron chi connectivity index (χ3n) is 4.99. The van der Waals surface area contributed by atoms with Gasteiger partial charge in [-0.05, 0) is 49.9 Å². The van der Waals surface area contributed by atoms with E-state index in [9.17, 15) is 9.59 Å². The first kappa shape index (κ1) is 19.6. The smallest absolute Gasteiger partial charge is 0.291 e. The Morgan fingerprint density at radius 2 is 2.04 bits per heavy atom. The van der Waals surface area contributed by atoms with E-state index in [4.69, 9.17) is 5.26 Å². The lowest BCUT2D eigenvalue weighted by Gasteiger charge is -2.19. The van der Waals surface area contributed by atoms with Crippen molar-refractivity contribution in [2.75, 3.05) is 18.9 Å². The number of aromatic nitrogens is 2. The molecule has 0 spiro atoms. The van der Waals surface area contributed by atoms with E-state index in [0.717, 1.165) is 37.8 Å². The van der Waals surface area contributed by atoms with Gasteiger partial charge in [-0.3, -0.25) is 9.59 Å². The second-order valence-electron chi connectivity index (χ2n) is 7.06. The minimum Gasteiger partial charge on any atom is -0.340 e. The number of imidazole rings is 1. The van der Waals surface area contributed by atoms with Gasteiger partial charge in [-0.2, -0.15) is 5.26 Å². The van der Waals surface area contributed by atoms with Crippen molar-refractivity contribution in [1.82, 2.24) is 14.5 Å². The summed E-state index contributed by atoms with van der Waals surface area (Å²) in [5.41, 5.74) is 2.36. The van der Waals surface area contributed by atoms with Crippen molar-refractivity contribution in [2.45, 2.75) is 45.6 Å². The molecule has 1 aromatic heterocycles. The van der Waals surface area contributed by atoms with Crippen molar-refractivity contribution >= 4 is 17.5 Å². The lowest BCUT2D eigenvalue weighted by Crippen LogP contribution is -2.29. The van der Waals surface area contributed by atoms with E-state index in [-0.39, 0.29) is 17.6 Å². The van der Waals surface area contributed by atoms with Gasteiger partial charge in [0.25, 0.3) is 11.8 Å². The fourth-order valence-corrected chi connectivity index (χ4v) is 3.38. The normalized spacial score (nSPS) is 12.8. The van der Waals surface area contributed by atoms with Gasteiger partial charge in [0, 0.05) is 25.8 Å². The van der Waals surface area contributed by atoms with Crippen LogP contribution in [0, 0.1) is 11.3 Å². The third-order valence-corrected chi connectivity index (χ3v) is 4.99. The van der Waals surface area contributed by atoms with Gasteiger partial charge < -0.3 is 14.8 Å². The van der Waals surface area contributed by atoms with Crippen molar-refractivity contribution in [3.8, 4) is 6.07 Å². The van der Waals surface area contributed by atoms with Crippen LogP contribution in [0.15, 0.2) is 24.3 Å². The van der Waals surface area contributed by atoms with Crippen LogP contribution in [0.3, 0.4) is 0 Å². The average Bonchev–Trinajstić information content (AvgIpc) is 3.11. The number of nitriles is 1. The van der Waals surface area contributed by atoms with Crippen LogP contribution in [-0.4, -0.2) is 39.9 Å². The van der Waals surface area contributed by atoms with Gasteiger partial charge in [-0.15, -0.1) is 0 Å². The van der Waals surface area contributed by atoms with Gasteiger partial charge in [0.15, 0.2) is 5.82 Å². The van der Waals surface area contributed by atoms with E-state index in [2.05, 4.69) is 17.2 Å². The molecule has 146 valence electrons. The van der Waals surface area contributed by atoms with E-state index < -0.39 is 0 Å². The third kappa shape index (κ3) is 4.06. The summed E-state index contributed by atoms with van der Waals surface area (Å²) in [6, 6.07) is 8.71. The highest BCUT2D eigenvalue weighted by molar-refractivity contribution is 6.03. The highest BCUT2D eigenvalue weighted by Crippen LogP contribution is 2.23. The number of benzene rings is 1. The summed E-state index contributed by atoms with van der Waals surface area (Å²) in [4.78, 5) is 31.9. The molecule has 7 nitrogen and oxygen atoms in total. The maximum absolute atomic E-state index is 12.9. The molecule has 0 bridgehead atoms. The quantitative estimate of drug-likeness (QED) is 0.834. The molecule has 2 heterocycles. The fourth-order valence-electron chi connectivity index (χ4n) is 3.38. The first-order valence-corrected chi connectivity index (χ1v) is 9.71. The summed E-state index contributed by atoms with van der Waals surface area (Å²) in [5.74, 6) is -0.203. The number of carbonyl (C=O) groups excluding carboxylic acids is 2. The first-order chi connectivity index (χ1) is 13.5. The van der Waals surface area contributed by atoms with Crippen LogP contribution in [0.4, 0.5) is 5.69 Å². The molecule has 2 aromatic rings. The number of carbonyl (C=O) groups is 2. The molecule has 0 fully saturated rings. The van der Waals surface area contributed by atoms with Crippen LogP contribution in [0.25, 0.3) is 0 Å². The van der Waals surface area contributed by atoms with E-state index in [1.165, 1.54) is 0 Å². The van der Waals surface area contributed by atoms with Crippen molar-refractivity contribution < 1.29 is 9.59 Å². The SMILES string of the molecule is CCCCN(C)C(=O)c1nc(C(=O)Nc2ccc(C#N)cc2)n2c1CCCC2. The van der Waals surface area contributed by atoms with Crippen LogP contribution in [0.2, 0.25) is 0 Å². The number of anilines is 1. The Morgan fingerprint density at radius 1 is 1.29 bits per heavy atom. The first-order valence-electron chi connectivity index (χ1n) is 9.71. The molecule has 0 radical (unpaired) electrons. The summed E-state index contributed by atoms with van der Waals surface area (Å²) in [6.45, 7) is 3.45. The van der Waals surface area contributed by atoms with E-state index in [1.807, 2.05) is 10.6 Å². The molecule has 28 heavy (non-hydrogen) atoms. The Morgan fingerprint density at radius 3 is 2.71 bits per heavy atom. The van der Waals surface area contributed by atoms with Gasteiger partial charge in [0.05, 0.1) is 17.3 Å². The molecule has 1 N–H and O–H groups in total. The zero-order valence-corrected chi connectivity index (χ0v) is 16.4. The molecule has 1 aliphatic rings. The number of fused-ring (bicyclic) bond motifs is 1. The Balaban J connectivity index is 1.86. The van der Waals surface area contributed by atoms with Gasteiger partial charge in [-0.1, -0.05) is 13.3 Å². The zero-order chi connectivity index (χ0) is 20.1. The predicted molar refractivity (Wildman–Crippen MR) is 106 cm³/mol. The van der Waals surface area contributed by atoms with Gasteiger partial charge in [0.2, 0.25) is 0 Å². The van der Waals surface area contributed by atoms with Crippen molar-refractivity contribution in [3.05, 3.63) is 47.0 Å². The molecule has 1 aliphatic heterocycles. The zero-order valence-electron chi connectivity index (χ0n) is 16.4. The Kier molecular flexibility index (Phi) is 6.09. The largest absolute Gasteiger partial charge is 0.340 e. The second kappa shape index (κ2) is 8.70. The Bertz CT molecular complexity index is 908. The Labute approximate surface area is 165 Å². The fraction of sp³-hybridized carbons (Fsp3) is 0.429. The highest BCUT2D eigenvalue weighted by Gasteiger charge is 2.28. The van der Waals surface area contributed by atoms with Crippen molar-refractivity contribution in [3.63, 3.8) is 0 Å². The van der Waals surface area contributed by atoms with E-state index in [0.29, 0.717) is 30.0 Å². The van der Waals surface area contributed by atoms with Crippen LogP contribution in [-0.2, 0) is 13.0 Å². The summed E-state index contributed by atoms with van der Waals surface area (Å²) >= 11 is 0. The van der Waals surface area contributed by atoms with E-state index in [1.54, 1.807) is 36.2 Å². The standard InChI is InChI=1S/C21H25N5O2/c1-3-4-12-25(2)21(28)18-17-7-5-6-13-26(17)19(24-18)20(27)23-16-10-8-15(14-22)9-11-16/h8-11H,3-7,12-13H2,1-2H3,(H,23,27). The molecule has 0 aliphatic carbocycles. The number of rotatable bonds is 6. The monoisotopic (exact) mass is 379 g/mol. The minimum atomic E-state index is -0.344. The number of hydrogen-bond acceptors (Lipinski definition) is 4. The van der Waals surface area contributed by atoms with Crippen LogP contribution < -0.4 is 5.32 Å². The molecule has 7 heteroatoms. The molecule has 3 rings (SSSR count). The highest BCUT2D eigenvalue weighted by atomic mass is 16.2. The molecule has 0 unspecified atom stereocenters. The summed E-state index contributed by atoms with van der Waals surface area (Å²) in [7, 11) is 1.78. The molecule has 2 amide bonds. The van der Waals surface area contributed by atoms with Crippen molar-refractivity contribution in [2.24, 2.45) is 0 Å². The lowest BCUT2D eigenvalue weighted by atomic mass is 10.1. The second-order valence-corrected chi connectivity index (χ2v) is 7.06. The summed E-state index contributed by atoms with van der Waals surface area (Å²) in [5, 5.41) is 11.7. The van der Waals surface area contributed by atoms with Crippen molar-refractivity contribution in [1.29, 1.82) is 5.26 Å². The molecule has 1 aromatic carbocycles. The molecule has 0 saturated heterocycles. The molecular weight excluding hydrogens is 354 g/mol. The maximum atomic E-state index is 12.9.